The average Bonchev–Trinajstić information content (AvgIpc) is 2.75. The smallest absolute Gasteiger partial charge is 0.318 e. The molecule has 0 unspecified atom stereocenters. The molecule has 1 fully saturated rings. The fraction of sp³-hybridized carbons (Fsp3) is 0.385. The standard InChI is InChI=1S/C26H31N3O2/c1-18-13-19(2)23-15-21(25(30)28-24(23)14-18)17-29(16-20-9-5-3-6-10-20)26(31)27-22-11-7-4-8-12-22/h3,5-6,9-10,13-15,22H,4,7-8,11-12,16-17H2,1-2H3,(H,27,31)(H,28,30). The van der Waals surface area contributed by atoms with Gasteiger partial charge in [-0.05, 0) is 55.5 Å². The van der Waals surface area contributed by atoms with Crippen LogP contribution >= 0.6 is 0 Å². The van der Waals surface area contributed by atoms with Gasteiger partial charge in [-0.3, -0.25) is 4.79 Å². The van der Waals surface area contributed by atoms with Crippen molar-refractivity contribution in [1.82, 2.24) is 15.2 Å². The van der Waals surface area contributed by atoms with Gasteiger partial charge in [0.2, 0.25) is 0 Å². The van der Waals surface area contributed by atoms with E-state index in [0.29, 0.717) is 12.1 Å². The highest BCUT2D eigenvalue weighted by Crippen LogP contribution is 2.21. The Morgan fingerprint density at radius 2 is 1.77 bits per heavy atom. The number of nitrogens with one attached hydrogen (secondary N) is 2. The summed E-state index contributed by atoms with van der Waals surface area (Å²) >= 11 is 0. The first-order valence-electron chi connectivity index (χ1n) is 11.2. The highest BCUT2D eigenvalue weighted by Gasteiger charge is 2.21. The molecule has 2 amide bonds. The summed E-state index contributed by atoms with van der Waals surface area (Å²) in [6.07, 6.45) is 5.62. The summed E-state index contributed by atoms with van der Waals surface area (Å²) in [5.74, 6) is 0. The number of carbonyl (C=O) groups is 1. The number of hydrogen-bond donors (Lipinski definition) is 2. The first-order chi connectivity index (χ1) is 15.0. The molecule has 5 heteroatoms. The topological polar surface area (TPSA) is 65.2 Å². The van der Waals surface area contributed by atoms with E-state index >= 15 is 0 Å². The van der Waals surface area contributed by atoms with Gasteiger partial charge in [0, 0.05) is 29.1 Å². The normalized spacial score (nSPS) is 14.5. The zero-order valence-electron chi connectivity index (χ0n) is 18.4. The number of H-pyrrole nitrogens is 1. The molecule has 1 heterocycles. The molecule has 0 bridgehead atoms. The predicted octanol–water partition coefficient (Wildman–Crippen LogP) is 5.19. The van der Waals surface area contributed by atoms with Gasteiger partial charge in [-0.2, -0.15) is 0 Å². The Morgan fingerprint density at radius 3 is 2.52 bits per heavy atom. The van der Waals surface area contributed by atoms with E-state index in [1.165, 1.54) is 6.42 Å². The number of amides is 2. The quantitative estimate of drug-likeness (QED) is 0.600. The Labute approximate surface area is 183 Å². The molecule has 2 N–H and O–H groups in total. The molecular weight excluding hydrogens is 386 g/mol. The van der Waals surface area contributed by atoms with Crippen LogP contribution in [0.2, 0.25) is 0 Å². The number of rotatable bonds is 5. The molecule has 1 aliphatic carbocycles. The van der Waals surface area contributed by atoms with Crippen molar-refractivity contribution in [2.75, 3.05) is 0 Å². The molecule has 3 aromatic rings. The number of nitrogens with zero attached hydrogens (tertiary/aromatic N) is 1. The maximum Gasteiger partial charge on any atom is 0.318 e. The van der Waals surface area contributed by atoms with E-state index in [2.05, 4.69) is 23.3 Å². The minimum Gasteiger partial charge on any atom is -0.335 e. The van der Waals surface area contributed by atoms with E-state index < -0.39 is 0 Å². The van der Waals surface area contributed by atoms with Gasteiger partial charge in [-0.25, -0.2) is 4.79 Å². The number of carbonyl (C=O) groups excluding carboxylic acids is 1. The van der Waals surface area contributed by atoms with Crippen molar-refractivity contribution in [3.63, 3.8) is 0 Å². The molecule has 0 radical (unpaired) electrons. The van der Waals surface area contributed by atoms with Gasteiger partial charge in [-0.15, -0.1) is 0 Å². The monoisotopic (exact) mass is 417 g/mol. The lowest BCUT2D eigenvalue weighted by molar-refractivity contribution is 0.184. The van der Waals surface area contributed by atoms with Crippen LogP contribution in [0, 0.1) is 13.8 Å². The van der Waals surface area contributed by atoms with Crippen LogP contribution in [-0.2, 0) is 13.1 Å². The number of pyridine rings is 1. The molecule has 5 nitrogen and oxygen atoms in total. The highest BCUT2D eigenvalue weighted by molar-refractivity contribution is 5.83. The molecule has 2 aromatic carbocycles. The van der Waals surface area contributed by atoms with Gasteiger partial charge in [0.15, 0.2) is 0 Å². The van der Waals surface area contributed by atoms with Crippen molar-refractivity contribution in [3.8, 4) is 0 Å². The summed E-state index contributed by atoms with van der Waals surface area (Å²) < 4.78 is 0. The lowest BCUT2D eigenvalue weighted by Crippen LogP contribution is -2.45. The second-order valence-electron chi connectivity index (χ2n) is 8.79. The number of aromatic nitrogens is 1. The Balaban J connectivity index is 1.62. The first-order valence-corrected chi connectivity index (χ1v) is 11.2. The summed E-state index contributed by atoms with van der Waals surface area (Å²) in [7, 11) is 0. The van der Waals surface area contributed by atoms with Gasteiger partial charge in [0.25, 0.3) is 5.56 Å². The third-order valence-corrected chi connectivity index (χ3v) is 6.19. The number of hydrogen-bond acceptors (Lipinski definition) is 2. The zero-order chi connectivity index (χ0) is 21.8. The van der Waals surface area contributed by atoms with Crippen LogP contribution in [0.25, 0.3) is 10.9 Å². The van der Waals surface area contributed by atoms with Crippen molar-refractivity contribution in [2.45, 2.75) is 65.1 Å². The maximum atomic E-state index is 13.2. The van der Waals surface area contributed by atoms with Crippen molar-refractivity contribution in [1.29, 1.82) is 0 Å². The molecule has 1 aromatic heterocycles. The Morgan fingerprint density at radius 1 is 1.03 bits per heavy atom. The Bertz CT molecular complexity index is 1110. The van der Waals surface area contributed by atoms with E-state index in [1.807, 2.05) is 49.4 Å². The minimum absolute atomic E-state index is 0.101. The molecule has 31 heavy (non-hydrogen) atoms. The van der Waals surface area contributed by atoms with Gasteiger partial charge in [-0.1, -0.05) is 55.7 Å². The lowest BCUT2D eigenvalue weighted by Gasteiger charge is -2.28. The van der Waals surface area contributed by atoms with Crippen LogP contribution in [0.4, 0.5) is 4.79 Å². The average molecular weight is 418 g/mol. The summed E-state index contributed by atoms with van der Waals surface area (Å²) in [5, 5.41) is 4.23. The fourth-order valence-electron chi connectivity index (χ4n) is 4.56. The van der Waals surface area contributed by atoms with Crippen LogP contribution in [-0.4, -0.2) is 22.0 Å². The third-order valence-electron chi connectivity index (χ3n) is 6.19. The lowest BCUT2D eigenvalue weighted by atomic mass is 9.96. The number of fused-ring (bicyclic) bond motifs is 1. The summed E-state index contributed by atoms with van der Waals surface area (Å²) in [6, 6.07) is 16.1. The first kappa shape index (κ1) is 21.2. The second kappa shape index (κ2) is 9.38. The molecule has 4 rings (SSSR count). The van der Waals surface area contributed by atoms with Crippen molar-refractivity contribution >= 4 is 16.9 Å². The van der Waals surface area contributed by atoms with E-state index in [1.54, 1.807) is 4.90 Å². The molecule has 0 atom stereocenters. The SMILES string of the molecule is Cc1cc(C)c2cc(CN(Cc3ccccc3)C(=O)NC3CCCCC3)c(=O)[nH]c2c1. The highest BCUT2D eigenvalue weighted by atomic mass is 16.2. The maximum absolute atomic E-state index is 13.2. The van der Waals surface area contributed by atoms with Crippen molar-refractivity contribution in [3.05, 3.63) is 81.1 Å². The van der Waals surface area contributed by atoms with Crippen LogP contribution in [0.1, 0.15) is 54.4 Å². The molecule has 0 aliphatic heterocycles. The second-order valence-corrected chi connectivity index (χ2v) is 8.79. The molecule has 0 spiro atoms. The van der Waals surface area contributed by atoms with E-state index in [0.717, 1.165) is 53.3 Å². The van der Waals surface area contributed by atoms with E-state index in [4.69, 9.17) is 0 Å². The van der Waals surface area contributed by atoms with E-state index in [9.17, 15) is 9.59 Å². The largest absolute Gasteiger partial charge is 0.335 e. The molecule has 1 aliphatic rings. The van der Waals surface area contributed by atoms with Crippen LogP contribution in [0.3, 0.4) is 0 Å². The summed E-state index contributed by atoms with van der Waals surface area (Å²) in [5.41, 5.74) is 4.59. The van der Waals surface area contributed by atoms with Gasteiger partial charge in [0.1, 0.15) is 0 Å². The Hall–Kier alpha value is -3.08. The molecular formula is C26H31N3O2. The Kier molecular flexibility index (Phi) is 6.40. The summed E-state index contributed by atoms with van der Waals surface area (Å²) in [4.78, 5) is 30.8. The van der Waals surface area contributed by atoms with Gasteiger partial charge < -0.3 is 15.2 Å². The van der Waals surface area contributed by atoms with Crippen LogP contribution < -0.4 is 10.9 Å². The van der Waals surface area contributed by atoms with Crippen molar-refractivity contribution in [2.24, 2.45) is 0 Å². The number of benzene rings is 2. The molecule has 1 saturated carbocycles. The number of aromatic amines is 1. The van der Waals surface area contributed by atoms with Gasteiger partial charge in [0.05, 0.1) is 6.54 Å². The fourth-order valence-corrected chi connectivity index (χ4v) is 4.56. The molecule has 162 valence electrons. The van der Waals surface area contributed by atoms with Crippen LogP contribution in [0.5, 0.6) is 0 Å². The molecule has 0 saturated heterocycles. The van der Waals surface area contributed by atoms with E-state index in [-0.39, 0.29) is 24.2 Å². The number of aryl methyl sites for hydroxylation is 2. The zero-order valence-corrected chi connectivity index (χ0v) is 18.4. The minimum atomic E-state index is -0.138. The number of urea groups is 1. The third kappa shape index (κ3) is 5.16. The summed E-state index contributed by atoms with van der Waals surface area (Å²) in [6.45, 7) is 4.81. The predicted molar refractivity (Wildman–Crippen MR) is 125 cm³/mol. The van der Waals surface area contributed by atoms with Gasteiger partial charge >= 0.3 is 6.03 Å². The van der Waals surface area contributed by atoms with Crippen molar-refractivity contribution < 1.29 is 4.79 Å². The van der Waals surface area contributed by atoms with Crippen LogP contribution in [0.15, 0.2) is 53.3 Å².